The summed E-state index contributed by atoms with van der Waals surface area (Å²) in [4.78, 5) is 30.2. The molecule has 2 aromatic carbocycles. The maximum atomic E-state index is 12.7. The number of hydrogen-bond acceptors (Lipinski definition) is 8. The molecule has 0 aliphatic carbocycles. The average molecular weight is 655 g/mol. The maximum absolute atomic E-state index is 12.7. The van der Waals surface area contributed by atoms with Gasteiger partial charge in [-0.25, -0.2) is 13.6 Å². The van der Waals surface area contributed by atoms with Crippen LogP contribution in [-0.4, -0.2) is 75.3 Å². The van der Waals surface area contributed by atoms with Crippen LogP contribution in [0.5, 0.6) is 0 Å². The van der Waals surface area contributed by atoms with E-state index in [1.54, 1.807) is 38.1 Å². The second-order valence-electron chi connectivity index (χ2n) is 10.7. The summed E-state index contributed by atoms with van der Waals surface area (Å²) in [6.07, 6.45) is 1.49. The van der Waals surface area contributed by atoms with E-state index in [4.69, 9.17) is 5.14 Å². The third-order valence-electron chi connectivity index (χ3n) is 7.07. The Hall–Kier alpha value is -4.33. The van der Waals surface area contributed by atoms with Gasteiger partial charge in [0.1, 0.15) is 11.7 Å². The number of benzene rings is 2. The molecule has 0 saturated carbocycles. The number of carboxylic acid groups (broad SMARTS) is 1. The van der Waals surface area contributed by atoms with Crippen molar-refractivity contribution < 1.29 is 31.5 Å². The molecule has 1 aromatic heterocycles. The number of anilines is 1. The fraction of sp³-hybridized carbons (Fsp3) is 0.300. The van der Waals surface area contributed by atoms with Crippen LogP contribution in [0, 0.1) is 17.8 Å². The molecule has 2 heterocycles. The molecule has 1 aliphatic heterocycles. The highest BCUT2D eigenvalue weighted by molar-refractivity contribution is 7.89. The Morgan fingerprint density at radius 1 is 0.933 bits per heavy atom. The molecular formula is C30H34N6O7S2. The Labute approximate surface area is 262 Å². The lowest BCUT2D eigenvalue weighted by atomic mass is 10.1. The van der Waals surface area contributed by atoms with Gasteiger partial charge in [0.15, 0.2) is 0 Å². The van der Waals surface area contributed by atoms with E-state index in [1.807, 2.05) is 29.2 Å². The predicted molar refractivity (Wildman–Crippen MR) is 168 cm³/mol. The topological polar surface area (TPSA) is 192 Å². The lowest BCUT2D eigenvalue weighted by Gasteiger charge is -2.36. The number of amides is 1. The molecule has 1 aliphatic rings. The summed E-state index contributed by atoms with van der Waals surface area (Å²) < 4.78 is 51.8. The van der Waals surface area contributed by atoms with Gasteiger partial charge in [-0.15, -0.1) is 0 Å². The van der Waals surface area contributed by atoms with Gasteiger partial charge in [-0.2, -0.15) is 17.4 Å². The molecular weight excluding hydrogens is 620 g/mol. The van der Waals surface area contributed by atoms with Gasteiger partial charge < -0.3 is 15.3 Å². The zero-order chi connectivity index (χ0) is 32.8. The second kappa shape index (κ2) is 14.2. The third kappa shape index (κ3) is 9.10. The van der Waals surface area contributed by atoms with Gasteiger partial charge in [0.2, 0.25) is 10.0 Å². The van der Waals surface area contributed by atoms with Crippen molar-refractivity contribution in [3.05, 3.63) is 89.2 Å². The Bertz CT molecular complexity index is 1810. The fourth-order valence-electron chi connectivity index (χ4n) is 4.50. The number of carbonyl (C=O) groups excluding carboxylic acids is 1. The maximum Gasteiger partial charge on any atom is 0.322 e. The molecule has 3 aromatic rings. The van der Waals surface area contributed by atoms with Crippen LogP contribution in [0.25, 0.3) is 0 Å². The van der Waals surface area contributed by atoms with Crippen LogP contribution in [0.15, 0.2) is 71.8 Å². The van der Waals surface area contributed by atoms with Crippen LogP contribution in [-0.2, 0) is 31.6 Å². The summed E-state index contributed by atoms with van der Waals surface area (Å²) in [6, 6.07) is 15.4. The zero-order valence-electron chi connectivity index (χ0n) is 24.7. The molecule has 1 fully saturated rings. The first-order valence-electron chi connectivity index (χ1n) is 14.0. The minimum absolute atomic E-state index is 0.0140. The lowest BCUT2D eigenvalue weighted by molar-refractivity contribution is -0.140. The summed E-state index contributed by atoms with van der Waals surface area (Å²) in [5.74, 6) is 4.07. The van der Waals surface area contributed by atoms with Crippen molar-refractivity contribution in [1.82, 2.24) is 19.3 Å². The Morgan fingerprint density at radius 3 is 2.13 bits per heavy atom. The van der Waals surface area contributed by atoms with Gasteiger partial charge >= 0.3 is 5.97 Å². The highest BCUT2D eigenvalue weighted by Crippen LogP contribution is 2.19. The minimum Gasteiger partial charge on any atom is -0.480 e. The largest absolute Gasteiger partial charge is 0.480 e. The van der Waals surface area contributed by atoms with Crippen molar-refractivity contribution in [3.63, 3.8) is 0 Å². The number of nitrogens with two attached hydrogens (primary N) is 1. The average Bonchev–Trinajstić information content (AvgIpc) is 3.01. The highest BCUT2D eigenvalue weighted by atomic mass is 32.2. The number of primary sulfonamides is 1. The van der Waals surface area contributed by atoms with Crippen molar-refractivity contribution in [2.45, 2.75) is 31.3 Å². The van der Waals surface area contributed by atoms with Crippen LogP contribution in [0.4, 0.5) is 5.69 Å². The number of aromatic nitrogens is 1. The first kappa shape index (κ1) is 33.6. The number of rotatable bonds is 10. The predicted octanol–water partition coefficient (Wildman–Crippen LogP) is 1.12. The zero-order valence-corrected chi connectivity index (χ0v) is 26.3. The summed E-state index contributed by atoms with van der Waals surface area (Å²) in [5, 5.41) is 17.2. The first-order valence-corrected chi connectivity index (χ1v) is 16.9. The molecule has 1 atom stereocenters. The van der Waals surface area contributed by atoms with Gasteiger partial charge in [-0.3, -0.25) is 14.6 Å². The SMILES string of the molecule is CC(C)[C@@H](NS(=O)(=O)N1CCN(c2ccc(C#Cc3ccnc(C(=O)NCc4ccc(S(N)(=O)=O)cc4)c3)cc2)CC1)C(=O)O. The molecule has 0 spiro atoms. The first-order chi connectivity index (χ1) is 21.2. The molecule has 5 N–H and O–H groups in total. The molecule has 0 radical (unpaired) electrons. The summed E-state index contributed by atoms with van der Waals surface area (Å²) >= 11 is 0. The standard InChI is InChI=1S/C30H34N6O7S2/c1-21(2)28(30(38)39)34-45(42,43)36-17-15-35(16-18-36)25-9-5-22(6-10-25)3-4-23-13-14-32-27(19-23)29(37)33-20-24-7-11-26(12-8-24)44(31,40)41/h5-14,19,21,28,34H,15-18,20H2,1-2H3,(H,33,37)(H,38,39)(H2,31,40,41)/t28-/m1/s1. The van der Waals surface area contributed by atoms with Crippen molar-refractivity contribution in [2.24, 2.45) is 11.1 Å². The quantitative estimate of drug-likeness (QED) is 0.232. The van der Waals surface area contributed by atoms with E-state index >= 15 is 0 Å². The molecule has 238 valence electrons. The van der Waals surface area contributed by atoms with Gasteiger partial charge in [-0.05, 0) is 60.0 Å². The van der Waals surface area contributed by atoms with E-state index in [0.717, 1.165) is 11.3 Å². The molecule has 0 unspecified atom stereocenters. The summed E-state index contributed by atoms with van der Waals surface area (Å²) in [5.41, 5.74) is 3.10. The molecule has 0 bridgehead atoms. The Morgan fingerprint density at radius 2 is 1.56 bits per heavy atom. The van der Waals surface area contributed by atoms with Gasteiger partial charge in [0, 0.05) is 55.7 Å². The van der Waals surface area contributed by atoms with E-state index in [9.17, 15) is 31.5 Å². The number of carbonyl (C=O) groups is 2. The van der Waals surface area contributed by atoms with Crippen LogP contribution >= 0.6 is 0 Å². The normalized spacial score (nSPS) is 14.8. The molecule has 45 heavy (non-hydrogen) atoms. The van der Waals surface area contributed by atoms with E-state index in [1.165, 1.54) is 22.6 Å². The molecule has 15 heteroatoms. The van der Waals surface area contributed by atoms with Crippen LogP contribution in [0.1, 0.15) is 41.0 Å². The number of hydrogen-bond donors (Lipinski definition) is 4. The van der Waals surface area contributed by atoms with Crippen LogP contribution < -0.4 is 20.1 Å². The summed E-state index contributed by atoms with van der Waals surface area (Å²) in [6.45, 7) is 4.76. The van der Waals surface area contributed by atoms with Gasteiger partial charge in [0.25, 0.3) is 16.1 Å². The summed E-state index contributed by atoms with van der Waals surface area (Å²) in [7, 11) is -7.74. The lowest BCUT2D eigenvalue weighted by Crippen LogP contribution is -2.55. The number of nitrogens with one attached hydrogen (secondary N) is 2. The van der Waals surface area contributed by atoms with Gasteiger partial charge in [-0.1, -0.05) is 37.8 Å². The number of sulfonamides is 1. The smallest absolute Gasteiger partial charge is 0.322 e. The van der Waals surface area contributed by atoms with Crippen molar-refractivity contribution in [1.29, 1.82) is 0 Å². The van der Waals surface area contributed by atoms with E-state index in [0.29, 0.717) is 24.2 Å². The van der Waals surface area contributed by atoms with E-state index in [-0.39, 0.29) is 30.2 Å². The van der Waals surface area contributed by atoms with Crippen molar-refractivity contribution >= 4 is 37.8 Å². The fourth-order valence-corrected chi connectivity index (χ4v) is 6.50. The van der Waals surface area contributed by atoms with Crippen molar-refractivity contribution in [2.75, 3.05) is 31.1 Å². The number of pyridine rings is 1. The number of nitrogens with zero attached hydrogens (tertiary/aromatic N) is 3. The van der Waals surface area contributed by atoms with Gasteiger partial charge in [0.05, 0.1) is 4.90 Å². The van der Waals surface area contributed by atoms with E-state index < -0.39 is 44.1 Å². The second-order valence-corrected chi connectivity index (χ2v) is 13.9. The Kier molecular flexibility index (Phi) is 10.6. The van der Waals surface area contributed by atoms with E-state index in [2.05, 4.69) is 26.9 Å². The monoisotopic (exact) mass is 654 g/mol. The third-order valence-corrected chi connectivity index (χ3v) is 9.59. The van der Waals surface area contributed by atoms with Crippen molar-refractivity contribution in [3.8, 4) is 11.8 Å². The number of carboxylic acids is 1. The highest BCUT2D eigenvalue weighted by Gasteiger charge is 2.33. The number of aliphatic carboxylic acids is 1. The number of piperazine rings is 1. The Balaban J connectivity index is 1.32. The van der Waals surface area contributed by atoms with Crippen LogP contribution in [0.2, 0.25) is 0 Å². The molecule has 13 nitrogen and oxygen atoms in total. The molecule has 1 saturated heterocycles. The minimum atomic E-state index is -3.94. The molecule has 1 amide bonds. The van der Waals surface area contributed by atoms with Crippen LogP contribution in [0.3, 0.4) is 0 Å². The molecule has 4 rings (SSSR count).